The van der Waals surface area contributed by atoms with Crippen LogP contribution in [0.2, 0.25) is 0 Å². The van der Waals surface area contributed by atoms with E-state index in [1.807, 2.05) is 59.6 Å². The normalized spacial score (nSPS) is 18.1. The second-order valence-corrected chi connectivity index (χ2v) is 12.4. The molecule has 11 nitrogen and oxygen atoms in total. The first kappa shape index (κ1) is 32.0. The van der Waals surface area contributed by atoms with Gasteiger partial charge in [-0.2, -0.15) is 0 Å². The van der Waals surface area contributed by atoms with Gasteiger partial charge >= 0.3 is 0 Å². The molecule has 0 saturated carbocycles. The van der Waals surface area contributed by atoms with E-state index < -0.39 is 0 Å². The summed E-state index contributed by atoms with van der Waals surface area (Å²) in [5, 5.41) is 0. The smallest absolute Gasteiger partial charge is 0.256 e. The zero-order valence-corrected chi connectivity index (χ0v) is 27.7. The molecule has 4 aromatic rings. The van der Waals surface area contributed by atoms with E-state index in [1.165, 1.54) is 0 Å². The van der Waals surface area contributed by atoms with Crippen molar-refractivity contribution in [2.75, 3.05) is 73.2 Å². The van der Waals surface area contributed by atoms with Gasteiger partial charge in [-0.1, -0.05) is 12.1 Å². The summed E-state index contributed by atoms with van der Waals surface area (Å²) in [7, 11) is 3.26. The number of rotatable bonds is 13. The molecule has 3 aliphatic rings. The average Bonchev–Trinajstić information content (AvgIpc) is 3.76. The van der Waals surface area contributed by atoms with E-state index in [2.05, 4.69) is 19.8 Å². The molecule has 48 heavy (non-hydrogen) atoms. The number of nitrogens with zero attached hydrogens (tertiary/aromatic N) is 5. The van der Waals surface area contributed by atoms with Gasteiger partial charge in [-0.25, -0.2) is 4.98 Å². The molecule has 0 bridgehead atoms. The van der Waals surface area contributed by atoms with Crippen LogP contribution in [0.5, 0.6) is 23.0 Å². The van der Waals surface area contributed by atoms with Crippen LogP contribution in [0.4, 0.5) is 5.69 Å². The highest BCUT2D eigenvalue weighted by Gasteiger charge is 2.32. The van der Waals surface area contributed by atoms with E-state index in [4.69, 9.17) is 23.4 Å². The molecule has 4 heterocycles. The molecule has 0 N–H and O–H groups in total. The molecule has 7 rings (SSSR count). The maximum Gasteiger partial charge on any atom is 0.256 e. The Kier molecular flexibility index (Phi) is 9.76. The summed E-state index contributed by atoms with van der Waals surface area (Å²) in [6, 6.07) is 17.2. The van der Waals surface area contributed by atoms with E-state index in [-0.39, 0.29) is 11.9 Å². The second-order valence-electron chi connectivity index (χ2n) is 12.4. The lowest BCUT2D eigenvalue weighted by Gasteiger charge is -2.34. The van der Waals surface area contributed by atoms with Crippen LogP contribution >= 0.6 is 0 Å². The van der Waals surface area contributed by atoms with Crippen molar-refractivity contribution >= 4 is 28.9 Å². The highest BCUT2D eigenvalue weighted by atomic mass is 16.5. The number of carbonyl (C=O) groups is 1. The van der Waals surface area contributed by atoms with Gasteiger partial charge in [0.15, 0.2) is 28.6 Å². The molecule has 2 saturated heterocycles. The highest BCUT2D eigenvalue weighted by molar-refractivity contribution is 6.03. The van der Waals surface area contributed by atoms with Gasteiger partial charge in [-0.05, 0) is 62.1 Å². The van der Waals surface area contributed by atoms with Crippen molar-refractivity contribution in [1.29, 1.82) is 0 Å². The highest BCUT2D eigenvalue weighted by Crippen LogP contribution is 2.38. The van der Waals surface area contributed by atoms with Gasteiger partial charge in [0, 0.05) is 63.7 Å². The summed E-state index contributed by atoms with van der Waals surface area (Å²) >= 11 is 0. The predicted molar refractivity (Wildman–Crippen MR) is 184 cm³/mol. The SMILES string of the molecule is COc1cc(-c2nc3ccccc3o2)ccc1OCCCN1CCN(CCCOc2cc3c(cc2OC)C(=O)N2CCC[C@H]2C=N3)CC1. The Morgan fingerprint density at radius 2 is 1.52 bits per heavy atom. The number of carbonyl (C=O) groups excluding carboxylic acids is 1. The molecule has 0 spiro atoms. The third-order valence-electron chi connectivity index (χ3n) is 9.38. The fraction of sp³-hybridized carbons (Fsp3) is 0.432. The van der Waals surface area contributed by atoms with Crippen LogP contribution in [0.3, 0.4) is 0 Å². The van der Waals surface area contributed by atoms with Crippen LogP contribution in [-0.4, -0.2) is 111 Å². The minimum Gasteiger partial charge on any atom is -0.493 e. The summed E-state index contributed by atoms with van der Waals surface area (Å²) < 4.78 is 29.4. The molecule has 1 aromatic heterocycles. The number of aliphatic imine (C=N–C) groups is 1. The first-order valence-electron chi connectivity index (χ1n) is 16.9. The summed E-state index contributed by atoms with van der Waals surface area (Å²) in [5.74, 6) is 3.16. The third kappa shape index (κ3) is 6.97. The van der Waals surface area contributed by atoms with Gasteiger partial charge in [-0.15, -0.1) is 0 Å². The molecule has 11 heteroatoms. The molecule has 3 aliphatic heterocycles. The molecule has 2 fully saturated rings. The Morgan fingerprint density at radius 3 is 2.25 bits per heavy atom. The molecular formula is C37H43N5O6. The Morgan fingerprint density at radius 1 is 0.812 bits per heavy atom. The average molecular weight is 654 g/mol. The van der Waals surface area contributed by atoms with E-state index in [0.29, 0.717) is 47.6 Å². The fourth-order valence-corrected chi connectivity index (χ4v) is 6.71. The first-order valence-corrected chi connectivity index (χ1v) is 16.9. The summed E-state index contributed by atoms with van der Waals surface area (Å²) in [4.78, 5) is 29.2. The quantitative estimate of drug-likeness (QED) is 0.169. The lowest BCUT2D eigenvalue weighted by Crippen LogP contribution is -2.47. The van der Waals surface area contributed by atoms with Crippen LogP contribution in [0.15, 0.2) is 64.0 Å². The van der Waals surface area contributed by atoms with Gasteiger partial charge in [0.2, 0.25) is 5.89 Å². The number of para-hydroxylation sites is 2. The molecular weight excluding hydrogens is 610 g/mol. The summed E-state index contributed by atoms with van der Waals surface area (Å²) in [5.41, 5.74) is 3.67. The molecule has 1 atom stereocenters. The van der Waals surface area contributed by atoms with Gasteiger partial charge in [0.1, 0.15) is 5.52 Å². The van der Waals surface area contributed by atoms with E-state index >= 15 is 0 Å². The lowest BCUT2D eigenvalue weighted by molar-refractivity contribution is 0.0774. The summed E-state index contributed by atoms with van der Waals surface area (Å²) in [6.07, 6.45) is 5.71. The van der Waals surface area contributed by atoms with Crippen molar-refractivity contribution in [2.45, 2.75) is 31.7 Å². The number of hydrogen-bond donors (Lipinski definition) is 0. The Hall–Kier alpha value is -4.61. The van der Waals surface area contributed by atoms with Crippen molar-refractivity contribution in [3.8, 4) is 34.5 Å². The van der Waals surface area contributed by atoms with Gasteiger partial charge < -0.3 is 38.1 Å². The van der Waals surface area contributed by atoms with Gasteiger partial charge in [0.05, 0.1) is 44.7 Å². The second kappa shape index (κ2) is 14.7. The number of amides is 1. The predicted octanol–water partition coefficient (Wildman–Crippen LogP) is 5.69. The molecule has 0 radical (unpaired) electrons. The first-order chi connectivity index (χ1) is 23.6. The lowest BCUT2D eigenvalue weighted by atomic mass is 10.1. The Labute approximate surface area is 281 Å². The number of ether oxygens (including phenoxy) is 4. The molecule has 0 unspecified atom stereocenters. The van der Waals surface area contributed by atoms with Gasteiger partial charge in [0.25, 0.3) is 5.91 Å². The number of piperazine rings is 1. The molecule has 0 aliphatic carbocycles. The maximum atomic E-state index is 13.1. The maximum absolute atomic E-state index is 13.1. The summed E-state index contributed by atoms with van der Waals surface area (Å²) in [6.45, 7) is 8.04. The van der Waals surface area contributed by atoms with Crippen molar-refractivity contribution in [3.63, 3.8) is 0 Å². The van der Waals surface area contributed by atoms with Crippen LogP contribution in [0, 0.1) is 0 Å². The number of methoxy groups -OCH3 is 2. The van der Waals surface area contributed by atoms with Crippen molar-refractivity contribution in [3.05, 3.63) is 60.2 Å². The van der Waals surface area contributed by atoms with Crippen LogP contribution in [0.1, 0.15) is 36.0 Å². The third-order valence-corrected chi connectivity index (χ3v) is 9.38. The van der Waals surface area contributed by atoms with E-state index in [0.717, 1.165) is 93.9 Å². The van der Waals surface area contributed by atoms with Crippen molar-refractivity contribution < 1.29 is 28.2 Å². The fourth-order valence-electron chi connectivity index (χ4n) is 6.71. The number of benzene rings is 3. The number of aromatic nitrogens is 1. The number of fused-ring (bicyclic) bond motifs is 3. The molecule has 252 valence electrons. The number of hydrogen-bond acceptors (Lipinski definition) is 10. The Bertz CT molecular complexity index is 1730. The van der Waals surface area contributed by atoms with E-state index in [1.54, 1.807) is 20.3 Å². The minimum atomic E-state index is 0.0186. The van der Waals surface area contributed by atoms with Crippen molar-refractivity contribution in [2.24, 2.45) is 4.99 Å². The monoisotopic (exact) mass is 653 g/mol. The van der Waals surface area contributed by atoms with Crippen molar-refractivity contribution in [1.82, 2.24) is 19.7 Å². The standard InChI is InChI=1S/C37H43N5O6/c1-44-33-22-26(36-39-29-9-3-4-10-31(29)48-36)11-12-32(33)46-20-6-13-40-16-18-41(19-17-40)14-7-21-47-35-24-30-28(23-34(35)45-2)37(43)42-15-5-8-27(42)25-38-30/h3-4,9-12,22-25,27H,5-8,13-21H2,1-2H3/t27-/m0/s1. The zero-order chi connectivity index (χ0) is 32.9. The topological polar surface area (TPSA) is 102 Å². The largest absolute Gasteiger partial charge is 0.493 e. The molecule has 3 aromatic carbocycles. The van der Waals surface area contributed by atoms with Crippen LogP contribution in [0.25, 0.3) is 22.6 Å². The van der Waals surface area contributed by atoms with E-state index in [9.17, 15) is 4.79 Å². The zero-order valence-electron chi connectivity index (χ0n) is 27.7. The number of oxazole rings is 1. The minimum absolute atomic E-state index is 0.0186. The van der Waals surface area contributed by atoms with Crippen LogP contribution in [-0.2, 0) is 0 Å². The molecule has 1 amide bonds. The Balaban J connectivity index is 0.820. The van der Waals surface area contributed by atoms with Gasteiger partial charge in [-0.3, -0.25) is 9.79 Å². The van der Waals surface area contributed by atoms with Crippen LogP contribution < -0.4 is 18.9 Å².